The molecule has 0 aliphatic carbocycles. The van der Waals surface area contributed by atoms with Gasteiger partial charge in [0.2, 0.25) is 5.91 Å². The second-order valence-electron chi connectivity index (χ2n) is 5.10. The van der Waals surface area contributed by atoms with Crippen molar-refractivity contribution >= 4 is 17.3 Å². The van der Waals surface area contributed by atoms with Gasteiger partial charge in [-0.3, -0.25) is 9.89 Å². The fraction of sp³-hybridized carbons (Fsp3) is 0.333. The zero-order valence-corrected chi connectivity index (χ0v) is 12.0. The molecular formula is C15H20N4O. The van der Waals surface area contributed by atoms with Crippen molar-refractivity contribution in [2.75, 3.05) is 10.6 Å². The Morgan fingerprint density at radius 2 is 1.90 bits per heavy atom. The van der Waals surface area contributed by atoms with Gasteiger partial charge in [-0.25, -0.2) is 0 Å². The topological polar surface area (TPSA) is 69.8 Å². The minimum Gasteiger partial charge on any atom is -0.381 e. The predicted molar refractivity (Wildman–Crippen MR) is 80.6 cm³/mol. The summed E-state index contributed by atoms with van der Waals surface area (Å²) in [7, 11) is 0. The largest absolute Gasteiger partial charge is 0.381 e. The third-order valence-corrected chi connectivity index (χ3v) is 3.09. The van der Waals surface area contributed by atoms with Crippen LogP contribution in [-0.4, -0.2) is 16.1 Å². The Kier molecular flexibility index (Phi) is 4.40. The number of nitrogens with zero attached hydrogens (tertiary/aromatic N) is 1. The van der Waals surface area contributed by atoms with Gasteiger partial charge in [-0.1, -0.05) is 13.8 Å². The first-order valence-electron chi connectivity index (χ1n) is 6.70. The number of rotatable bonds is 5. The molecule has 0 bridgehead atoms. The van der Waals surface area contributed by atoms with Crippen LogP contribution in [0.5, 0.6) is 0 Å². The van der Waals surface area contributed by atoms with Crippen LogP contribution >= 0.6 is 0 Å². The number of amides is 1. The average Bonchev–Trinajstić information content (AvgIpc) is 2.83. The lowest BCUT2D eigenvalue weighted by Gasteiger charge is -2.09. The molecule has 1 aromatic carbocycles. The van der Waals surface area contributed by atoms with Gasteiger partial charge in [0, 0.05) is 35.1 Å². The molecule has 0 aliphatic rings. The molecule has 1 heterocycles. The summed E-state index contributed by atoms with van der Waals surface area (Å²) in [6, 6.07) is 7.69. The molecule has 0 radical (unpaired) electrons. The van der Waals surface area contributed by atoms with E-state index in [4.69, 9.17) is 0 Å². The summed E-state index contributed by atoms with van der Waals surface area (Å²) < 4.78 is 0. The Hall–Kier alpha value is -2.30. The van der Waals surface area contributed by atoms with Crippen molar-refractivity contribution in [3.8, 4) is 0 Å². The van der Waals surface area contributed by atoms with Gasteiger partial charge >= 0.3 is 0 Å². The van der Waals surface area contributed by atoms with Crippen molar-refractivity contribution < 1.29 is 4.79 Å². The summed E-state index contributed by atoms with van der Waals surface area (Å²) in [6.07, 6.45) is 1.82. The zero-order chi connectivity index (χ0) is 14.5. The molecule has 0 atom stereocenters. The Bertz CT molecular complexity index is 572. The second kappa shape index (κ2) is 6.23. The van der Waals surface area contributed by atoms with Gasteiger partial charge in [0.25, 0.3) is 0 Å². The normalized spacial score (nSPS) is 10.6. The van der Waals surface area contributed by atoms with Gasteiger partial charge in [0.05, 0.1) is 6.20 Å². The van der Waals surface area contributed by atoms with E-state index in [1.54, 1.807) is 0 Å². The summed E-state index contributed by atoms with van der Waals surface area (Å²) in [5, 5.41) is 13.1. The SMILES string of the molecule is Cc1[nH]ncc1CNc1ccc(NC(=O)C(C)C)cc1. The van der Waals surface area contributed by atoms with Crippen LogP contribution in [0.25, 0.3) is 0 Å². The quantitative estimate of drug-likeness (QED) is 0.783. The molecular weight excluding hydrogens is 252 g/mol. The number of H-pyrrole nitrogens is 1. The third-order valence-electron chi connectivity index (χ3n) is 3.09. The van der Waals surface area contributed by atoms with E-state index in [9.17, 15) is 4.79 Å². The first kappa shape index (κ1) is 14.1. The van der Waals surface area contributed by atoms with E-state index >= 15 is 0 Å². The molecule has 5 heteroatoms. The molecule has 0 fully saturated rings. The minimum absolute atomic E-state index is 0.0168. The highest BCUT2D eigenvalue weighted by molar-refractivity contribution is 5.92. The van der Waals surface area contributed by atoms with Gasteiger partial charge in [-0.15, -0.1) is 0 Å². The Morgan fingerprint density at radius 1 is 1.25 bits per heavy atom. The van der Waals surface area contributed by atoms with Gasteiger partial charge in [0.15, 0.2) is 0 Å². The lowest BCUT2D eigenvalue weighted by atomic mass is 10.2. The van der Waals surface area contributed by atoms with Crippen LogP contribution in [0.2, 0.25) is 0 Å². The summed E-state index contributed by atoms with van der Waals surface area (Å²) in [4.78, 5) is 11.6. The van der Waals surface area contributed by atoms with E-state index in [2.05, 4.69) is 20.8 Å². The molecule has 0 saturated carbocycles. The number of carbonyl (C=O) groups is 1. The van der Waals surface area contributed by atoms with Crippen molar-refractivity contribution in [3.63, 3.8) is 0 Å². The van der Waals surface area contributed by atoms with Crippen LogP contribution in [-0.2, 0) is 11.3 Å². The number of aryl methyl sites for hydroxylation is 1. The molecule has 20 heavy (non-hydrogen) atoms. The first-order valence-corrected chi connectivity index (χ1v) is 6.70. The van der Waals surface area contributed by atoms with Crippen molar-refractivity contribution in [3.05, 3.63) is 41.7 Å². The number of benzene rings is 1. The standard InChI is InChI=1S/C15H20N4O/c1-10(2)15(20)18-14-6-4-13(5-7-14)16-8-12-9-17-19-11(12)3/h4-7,9-10,16H,8H2,1-3H3,(H,17,19)(H,18,20). The van der Waals surface area contributed by atoms with Crippen LogP contribution in [0.4, 0.5) is 11.4 Å². The van der Waals surface area contributed by atoms with Crippen molar-refractivity contribution in [1.82, 2.24) is 10.2 Å². The second-order valence-corrected chi connectivity index (χ2v) is 5.10. The zero-order valence-electron chi connectivity index (χ0n) is 12.0. The van der Waals surface area contributed by atoms with Crippen molar-refractivity contribution in [2.24, 2.45) is 5.92 Å². The van der Waals surface area contributed by atoms with Gasteiger partial charge < -0.3 is 10.6 Å². The van der Waals surface area contributed by atoms with E-state index in [-0.39, 0.29) is 11.8 Å². The van der Waals surface area contributed by atoms with E-state index in [0.717, 1.165) is 29.2 Å². The van der Waals surface area contributed by atoms with Crippen LogP contribution in [0.1, 0.15) is 25.1 Å². The van der Waals surface area contributed by atoms with Crippen molar-refractivity contribution in [2.45, 2.75) is 27.3 Å². The van der Waals surface area contributed by atoms with Gasteiger partial charge in [-0.05, 0) is 31.2 Å². The molecule has 106 valence electrons. The fourth-order valence-electron chi connectivity index (χ4n) is 1.71. The number of nitrogens with one attached hydrogen (secondary N) is 3. The highest BCUT2D eigenvalue weighted by atomic mass is 16.1. The molecule has 3 N–H and O–H groups in total. The number of carbonyl (C=O) groups excluding carboxylic acids is 1. The molecule has 0 aliphatic heterocycles. The average molecular weight is 272 g/mol. The summed E-state index contributed by atoms with van der Waals surface area (Å²) in [6.45, 7) is 6.46. The lowest BCUT2D eigenvalue weighted by Crippen LogP contribution is -2.17. The molecule has 2 rings (SSSR count). The maximum atomic E-state index is 11.6. The highest BCUT2D eigenvalue weighted by Crippen LogP contribution is 2.15. The van der Waals surface area contributed by atoms with Crippen LogP contribution in [0.3, 0.4) is 0 Å². The Labute approximate surface area is 118 Å². The van der Waals surface area contributed by atoms with E-state index in [0.29, 0.717) is 0 Å². The van der Waals surface area contributed by atoms with Crippen LogP contribution in [0, 0.1) is 12.8 Å². The van der Waals surface area contributed by atoms with Gasteiger partial charge in [0.1, 0.15) is 0 Å². The molecule has 1 aromatic heterocycles. The fourth-order valence-corrected chi connectivity index (χ4v) is 1.71. The molecule has 1 amide bonds. The maximum absolute atomic E-state index is 11.6. The van der Waals surface area contributed by atoms with Gasteiger partial charge in [-0.2, -0.15) is 5.10 Å². The predicted octanol–water partition coefficient (Wildman–Crippen LogP) is 2.92. The molecule has 5 nitrogen and oxygen atoms in total. The minimum atomic E-state index is -0.0168. The molecule has 0 spiro atoms. The summed E-state index contributed by atoms with van der Waals surface area (Å²) in [5.74, 6) is 0.0107. The smallest absolute Gasteiger partial charge is 0.226 e. The Morgan fingerprint density at radius 3 is 2.45 bits per heavy atom. The number of anilines is 2. The Balaban J connectivity index is 1.91. The monoisotopic (exact) mass is 272 g/mol. The summed E-state index contributed by atoms with van der Waals surface area (Å²) in [5.41, 5.74) is 4.03. The first-order chi connectivity index (χ1) is 9.56. The number of hydrogen-bond acceptors (Lipinski definition) is 3. The highest BCUT2D eigenvalue weighted by Gasteiger charge is 2.06. The third kappa shape index (κ3) is 3.60. The van der Waals surface area contributed by atoms with E-state index < -0.39 is 0 Å². The number of hydrogen-bond donors (Lipinski definition) is 3. The van der Waals surface area contributed by atoms with Crippen LogP contribution in [0.15, 0.2) is 30.5 Å². The van der Waals surface area contributed by atoms with Crippen LogP contribution < -0.4 is 10.6 Å². The number of aromatic nitrogens is 2. The molecule has 2 aromatic rings. The lowest BCUT2D eigenvalue weighted by molar-refractivity contribution is -0.118. The maximum Gasteiger partial charge on any atom is 0.226 e. The number of aromatic amines is 1. The summed E-state index contributed by atoms with van der Waals surface area (Å²) >= 11 is 0. The van der Waals surface area contributed by atoms with E-state index in [1.165, 1.54) is 0 Å². The molecule has 0 unspecified atom stereocenters. The van der Waals surface area contributed by atoms with Crippen molar-refractivity contribution in [1.29, 1.82) is 0 Å². The molecule has 0 saturated heterocycles. The van der Waals surface area contributed by atoms with E-state index in [1.807, 2.05) is 51.2 Å².